The Kier molecular flexibility index (Phi) is 10.9. The highest BCUT2D eigenvalue weighted by Gasteiger charge is 2.42. The van der Waals surface area contributed by atoms with E-state index in [4.69, 9.17) is 5.26 Å². The lowest BCUT2D eigenvalue weighted by Gasteiger charge is -2.25. The molecule has 126 valence electrons. The zero-order valence-corrected chi connectivity index (χ0v) is 14.7. The highest BCUT2D eigenvalue weighted by molar-refractivity contribution is 7.91. The summed E-state index contributed by atoms with van der Waals surface area (Å²) < 4.78 is 25.5. The van der Waals surface area contributed by atoms with E-state index >= 15 is 0 Å². The molecule has 0 saturated carbocycles. The molecule has 0 aliphatic carbocycles. The Morgan fingerprint density at radius 3 is 2.00 bits per heavy atom. The Hall–Kier alpha value is -1.11. The van der Waals surface area contributed by atoms with Gasteiger partial charge < -0.3 is 0 Å². The minimum atomic E-state index is -3.79. The first-order valence-electron chi connectivity index (χ1n) is 8.27. The summed E-state index contributed by atoms with van der Waals surface area (Å²) in [6, 6.07) is 3.78. The van der Waals surface area contributed by atoms with Crippen molar-refractivity contribution in [3.05, 3.63) is 0 Å². The first-order valence-corrected chi connectivity index (χ1v) is 9.75. The van der Waals surface area contributed by atoms with Gasteiger partial charge in [-0.25, -0.2) is 8.42 Å². The van der Waals surface area contributed by atoms with Crippen LogP contribution in [0.2, 0.25) is 0 Å². The molecule has 0 spiro atoms. The van der Waals surface area contributed by atoms with Crippen molar-refractivity contribution in [3.63, 3.8) is 0 Å². The molecular formula is C16H29N3O2S. The van der Waals surface area contributed by atoms with Gasteiger partial charge in [0.2, 0.25) is 10.0 Å². The van der Waals surface area contributed by atoms with Gasteiger partial charge in [0.15, 0.2) is 4.75 Å². The van der Waals surface area contributed by atoms with E-state index in [-0.39, 0.29) is 6.54 Å². The second-order valence-electron chi connectivity index (χ2n) is 5.71. The lowest BCUT2D eigenvalue weighted by atomic mass is 9.96. The number of unbranched alkanes of at least 4 members (excludes halogenated alkanes) is 6. The Morgan fingerprint density at radius 1 is 0.909 bits per heavy atom. The van der Waals surface area contributed by atoms with Gasteiger partial charge in [0, 0.05) is 0 Å². The summed E-state index contributed by atoms with van der Waals surface area (Å²) in [5.74, 6) is 0. The van der Waals surface area contributed by atoms with Crippen molar-refractivity contribution in [2.24, 2.45) is 0 Å². The van der Waals surface area contributed by atoms with Gasteiger partial charge >= 0.3 is 0 Å². The fourth-order valence-corrected chi connectivity index (χ4v) is 4.14. The second-order valence-corrected chi connectivity index (χ2v) is 7.79. The van der Waals surface area contributed by atoms with E-state index in [1.807, 2.05) is 13.0 Å². The predicted octanol–water partition coefficient (Wildman–Crippen LogP) is 3.63. The summed E-state index contributed by atoms with van der Waals surface area (Å²) in [7, 11) is -3.79. The molecule has 1 N–H and O–H groups in total. The molecule has 0 aliphatic rings. The van der Waals surface area contributed by atoms with Crippen LogP contribution in [0.5, 0.6) is 0 Å². The molecule has 0 fully saturated rings. The van der Waals surface area contributed by atoms with Crippen LogP contribution in [0, 0.1) is 22.7 Å². The Balaban J connectivity index is 4.58. The third-order valence-electron chi connectivity index (χ3n) is 3.90. The topological polar surface area (TPSA) is 93.8 Å². The van der Waals surface area contributed by atoms with E-state index in [1.54, 1.807) is 6.07 Å². The molecule has 1 atom stereocenters. The van der Waals surface area contributed by atoms with Crippen LogP contribution in [0.15, 0.2) is 0 Å². The molecule has 6 heteroatoms. The fraction of sp³-hybridized carbons (Fsp3) is 0.875. The SMILES string of the molecule is CCCCCCCCCC(C#N)(CCC)S(=O)(=O)NCC#N. The molecule has 5 nitrogen and oxygen atoms in total. The number of nitriles is 2. The van der Waals surface area contributed by atoms with E-state index in [0.29, 0.717) is 19.3 Å². The molecular weight excluding hydrogens is 298 g/mol. The van der Waals surface area contributed by atoms with E-state index < -0.39 is 14.8 Å². The Morgan fingerprint density at radius 2 is 1.50 bits per heavy atom. The fourth-order valence-electron chi connectivity index (χ4n) is 2.60. The molecule has 0 amide bonds. The zero-order valence-electron chi connectivity index (χ0n) is 13.9. The monoisotopic (exact) mass is 327 g/mol. The lowest BCUT2D eigenvalue weighted by molar-refractivity contribution is 0.478. The maximum atomic E-state index is 12.4. The van der Waals surface area contributed by atoms with Crippen molar-refractivity contribution in [2.45, 2.75) is 82.8 Å². The first kappa shape index (κ1) is 20.9. The van der Waals surface area contributed by atoms with E-state index in [2.05, 4.69) is 11.6 Å². The average Bonchev–Trinajstić information content (AvgIpc) is 2.50. The molecule has 0 aromatic carbocycles. The van der Waals surface area contributed by atoms with Gasteiger partial charge in [0.1, 0.15) is 0 Å². The van der Waals surface area contributed by atoms with Gasteiger partial charge in [-0.05, 0) is 12.8 Å². The zero-order chi connectivity index (χ0) is 16.9. The highest BCUT2D eigenvalue weighted by Crippen LogP contribution is 2.29. The van der Waals surface area contributed by atoms with Crippen LogP contribution in [0.25, 0.3) is 0 Å². The molecule has 0 aliphatic heterocycles. The van der Waals surface area contributed by atoms with Crippen molar-refractivity contribution in [3.8, 4) is 12.1 Å². The third kappa shape index (κ3) is 6.77. The van der Waals surface area contributed by atoms with Crippen LogP contribution < -0.4 is 4.72 Å². The standard InChI is InChI=1S/C16H29N3O2S/c1-3-5-6-7-8-9-10-12-16(15-18,11-4-2)22(20,21)19-14-13-17/h19H,3-12,14H2,1-2H3. The molecule has 0 heterocycles. The number of nitrogens with one attached hydrogen (secondary N) is 1. The van der Waals surface area contributed by atoms with Crippen LogP contribution in [0.4, 0.5) is 0 Å². The molecule has 1 unspecified atom stereocenters. The van der Waals surface area contributed by atoms with Gasteiger partial charge in [0.05, 0.1) is 18.7 Å². The molecule has 0 radical (unpaired) electrons. The summed E-state index contributed by atoms with van der Waals surface area (Å²) in [6.45, 7) is 3.76. The van der Waals surface area contributed by atoms with Crippen molar-refractivity contribution >= 4 is 10.0 Å². The van der Waals surface area contributed by atoms with Crippen molar-refractivity contribution in [1.29, 1.82) is 10.5 Å². The largest absolute Gasteiger partial charge is 0.231 e. The third-order valence-corrected chi connectivity index (χ3v) is 5.95. The van der Waals surface area contributed by atoms with E-state index in [0.717, 1.165) is 19.3 Å². The minimum Gasteiger partial charge on any atom is -0.211 e. The number of hydrogen-bond donors (Lipinski definition) is 1. The smallest absolute Gasteiger partial charge is 0.211 e. The summed E-state index contributed by atoms with van der Waals surface area (Å²) in [5, 5.41) is 18.0. The number of hydrogen-bond acceptors (Lipinski definition) is 4. The van der Waals surface area contributed by atoms with E-state index in [1.165, 1.54) is 25.7 Å². The normalized spacial score (nSPS) is 14.0. The summed E-state index contributed by atoms with van der Waals surface area (Å²) >= 11 is 0. The van der Waals surface area contributed by atoms with Crippen LogP contribution in [0.1, 0.15) is 78.1 Å². The average molecular weight is 327 g/mol. The minimum absolute atomic E-state index is 0.285. The quantitative estimate of drug-likeness (QED) is 0.413. The van der Waals surface area contributed by atoms with Gasteiger partial charge in [-0.15, -0.1) is 0 Å². The first-order chi connectivity index (χ1) is 10.5. The number of nitrogens with zero attached hydrogens (tertiary/aromatic N) is 2. The second kappa shape index (κ2) is 11.5. The highest BCUT2D eigenvalue weighted by atomic mass is 32.2. The molecule has 22 heavy (non-hydrogen) atoms. The van der Waals surface area contributed by atoms with Gasteiger partial charge in [-0.2, -0.15) is 15.2 Å². The molecule has 0 bridgehead atoms. The summed E-state index contributed by atoms with van der Waals surface area (Å²) in [5.41, 5.74) is 0. The van der Waals surface area contributed by atoms with Crippen molar-refractivity contribution in [1.82, 2.24) is 4.72 Å². The van der Waals surface area contributed by atoms with Gasteiger partial charge in [-0.3, -0.25) is 0 Å². The number of rotatable bonds is 13. The van der Waals surface area contributed by atoms with Gasteiger partial charge in [0.25, 0.3) is 0 Å². The number of sulfonamides is 1. The Labute approximate surface area is 135 Å². The molecule has 0 rings (SSSR count). The predicted molar refractivity (Wildman–Crippen MR) is 88.4 cm³/mol. The maximum absolute atomic E-state index is 12.4. The maximum Gasteiger partial charge on any atom is 0.231 e. The van der Waals surface area contributed by atoms with E-state index in [9.17, 15) is 13.7 Å². The van der Waals surface area contributed by atoms with Crippen LogP contribution in [0.3, 0.4) is 0 Å². The van der Waals surface area contributed by atoms with Crippen LogP contribution in [-0.2, 0) is 10.0 Å². The lowest BCUT2D eigenvalue weighted by Crippen LogP contribution is -2.45. The van der Waals surface area contributed by atoms with Gasteiger partial charge in [-0.1, -0.05) is 65.2 Å². The molecule has 0 saturated heterocycles. The Bertz CT molecular complexity index is 477. The summed E-state index contributed by atoms with van der Waals surface area (Å²) in [4.78, 5) is 0. The molecule has 0 aromatic rings. The summed E-state index contributed by atoms with van der Waals surface area (Å²) in [6.07, 6.45) is 8.86. The molecule has 0 aromatic heterocycles. The van der Waals surface area contributed by atoms with Crippen molar-refractivity contribution in [2.75, 3.05) is 6.54 Å². The van der Waals surface area contributed by atoms with Crippen LogP contribution in [-0.4, -0.2) is 19.7 Å². The van der Waals surface area contributed by atoms with Crippen LogP contribution >= 0.6 is 0 Å². The van der Waals surface area contributed by atoms with Crippen molar-refractivity contribution < 1.29 is 8.42 Å².